The topological polar surface area (TPSA) is 88.9 Å². The van der Waals surface area contributed by atoms with E-state index in [1.54, 1.807) is 42.5 Å². The van der Waals surface area contributed by atoms with Crippen molar-refractivity contribution in [2.24, 2.45) is 5.92 Å². The molecule has 0 aliphatic heterocycles. The number of carbonyl (C=O) groups is 2. The number of benzene rings is 2. The van der Waals surface area contributed by atoms with Gasteiger partial charge in [-0.15, -0.1) is 16.8 Å². The molecule has 1 atom stereocenters. The van der Waals surface area contributed by atoms with E-state index in [4.69, 9.17) is 34.8 Å². The molecule has 11 heteroatoms. The van der Waals surface area contributed by atoms with Crippen LogP contribution in [0.1, 0.15) is 36.1 Å². The van der Waals surface area contributed by atoms with Crippen LogP contribution in [0.15, 0.2) is 60.3 Å². The first-order valence-corrected chi connectivity index (χ1v) is 12.8. The Morgan fingerprint density at radius 2 is 1.86 bits per heavy atom. The molecule has 1 aromatic heterocycles. The second kappa shape index (κ2) is 12.4. The number of carbonyl (C=O) groups excluding carboxylic acids is 2. The zero-order valence-electron chi connectivity index (χ0n) is 19.1. The number of nitrogens with one attached hydrogen (secondary N) is 2. The minimum absolute atomic E-state index is 0.0147. The summed E-state index contributed by atoms with van der Waals surface area (Å²) in [7, 11) is 0. The molecule has 0 unspecified atom stereocenters. The highest BCUT2D eigenvalue weighted by Gasteiger charge is 2.27. The van der Waals surface area contributed by atoms with Gasteiger partial charge in [0.05, 0.1) is 33.1 Å². The van der Waals surface area contributed by atoms with E-state index in [1.807, 2.05) is 18.4 Å². The zero-order valence-corrected chi connectivity index (χ0v) is 22.2. The van der Waals surface area contributed by atoms with Crippen LogP contribution in [0.5, 0.6) is 0 Å². The van der Waals surface area contributed by atoms with Crippen molar-refractivity contribution < 1.29 is 9.59 Å². The summed E-state index contributed by atoms with van der Waals surface area (Å²) >= 11 is 19.5. The van der Waals surface area contributed by atoms with Crippen LogP contribution in [0.3, 0.4) is 0 Å². The van der Waals surface area contributed by atoms with Gasteiger partial charge in [-0.2, -0.15) is 0 Å². The van der Waals surface area contributed by atoms with Crippen molar-refractivity contribution in [3.05, 3.63) is 81.6 Å². The number of allylic oxidation sites excluding steroid dienone is 1. The standard InChI is InChI=1S/C24H24Cl3N5O2S/c1-4-11-32-22(21(14(2)3)29-23(34)16-10-9-15(25)12-18(16)27)30-31-24(32)35-13-20(33)28-19-8-6-5-7-17(19)26/h4-10,12,14,21H,1,11,13H2,2-3H3,(H,28,33)(H,29,34)/t21-/m1/s1. The Labute approximate surface area is 223 Å². The van der Waals surface area contributed by atoms with Crippen LogP contribution in [0.4, 0.5) is 5.69 Å². The van der Waals surface area contributed by atoms with Gasteiger partial charge in [0, 0.05) is 11.6 Å². The molecule has 0 saturated heterocycles. The van der Waals surface area contributed by atoms with Gasteiger partial charge in [0.15, 0.2) is 11.0 Å². The number of hydrogen-bond donors (Lipinski definition) is 2. The number of aromatic nitrogens is 3. The largest absolute Gasteiger partial charge is 0.342 e. The lowest BCUT2D eigenvalue weighted by molar-refractivity contribution is -0.113. The Morgan fingerprint density at radius 3 is 2.51 bits per heavy atom. The summed E-state index contributed by atoms with van der Waals surface area (Å²) in [4.78, 5) is 25.4. The van der Waals surface area contributed by atoms with Crippen molar-refractivity contribution in [1.82, 2.24) is 20.1 Å². The van der Waals surface area contributed by atoms with Gasteiger partial charge in [-0.05, 0) is 36.2 Å². The molecule has 184 valence electrons. The Kier molecular flexibility index (Phi) is 9.63. The van der Waals surface area contributed by atoms with Crippen LogP contribution in [0.25, 0.3) is 0 Å². The monoisotopic (exact) mass is 551 g/mol. The molecule has 0 fully saturated rings. The van der Waals surface area contributed by atoms with Gasteiger partial charge < -0.3 is 15.2 Å². The molecule has 0 bridgehead atoms. The van der Waals surface area contributed by atoms with Gasteiger partial charge in [0.2, 0.25) is 5.91 Å². The molecule has 2 N–H and O–H groups in total. The predicted octanol–water partition coefficient (Wildman–Crippen LogP) is 6.28. The Morgan fingerprint density at radius 1 is 1.11 bits per heavy atom. The van der Waals surface area contributed by atoms with Gasteiger partial charge >= 0.3 is 0 Å². The third-order valence-corrected chi connectivity index (χ3v) is 6.79. The summed E-state index contributed by atoms with van der Waals surface area (Å²) in [6.07, 6.45) is 1.70. The van der Waals surface area contributed by atoms with E-state index in [0.717, 1.165) is 0 Å². The van der Waals surface area contributed by atoms with Crippen LogP contribution in [-0.4, -0.2) is 32.3 Å². The molecule has 2 aromatic carbocycles. The van der Waals surface area contributed by atoms with E-state index < -0.39 is 6.04 Å². The highest BCUT2D eigenvalue weighted by Crippen LogP contribution is 2.28. The van der Waals surface area contributed by atoms with E-state index in [1.165, 1.54) is 17.8 Å². The van der Waals surface area contributed by atoms with Crippen molar-refractivity contribution >= 4 is 64.1 Å². The molecule has 3 rings (SSSR count). The quantitative estimate of drug-likeness (QED) is 0.228. The normalized spacial score (nSPS) is 11.8. The van der Waals surface area contributed by atoms with E-state index >= 15 is 0 Å². The summed E-state index contributed by atoms with van der Waals surface area (Å²) in [5.74, 6) is 0.0433. The van der Waals surface area contributed by atoms with Gasteiger partial charge in [0.25, 0.3) is 5.91 Å². The van der Waals surface area contributed by atoms with Gasteiger partial charge in [-0.1, -0.05) is 78.6 Å². The second-order valence-electron chi connectivity index (χ2n) is 7.88. The molecule has 0 spiro atoms. The maximum Gasteiger partial charge on any atom is 0.253 e. The molecule has 35 heavy (non-hydrogen) atoms. The fourth-order valence-corrected chi connectivity index (χ4v) is 4.67. The lowest BCUT2D eigenvalue weighted by Crippen LogP contribution is -2.34. The molecule has 2 amide bonds. The molecule has 0 aliphatic rings. The van der Waals surface area contributed by atoms with Gasteiger partial charge in [-0.3, -0.25) is 9.59 Å². The number of halogens is 3. The van der Waals surface area contributed by atoms with E-state index in [0.29, 0.717) is 38.8 Å². The fraction of sp³-hybridized carbons (Fsp3) is 0.250. The predicted molar refractivity (Wildman–Crippen MR) is 143 cm³/mol. The second-order valence-corrected chi connectivity index (χ2v) is 10.1. The first-order valence-electron chi connectivity index (χ1n) is 10.7. The third-order valence-electron chi connectivity index (χ3n) is 4.94. The lowest BCUT2D eigenvalue weighted by Gasteiger charge is -2.23. The van der Waals surface area contributed by atoms with Crippen molar-refractivity contribution in [3.8, 4) is 0 Å². The minimum Gasteiger partial charge on any atom is -0.342 e. The molecule has 7 nitrogen and oxygen atoms in total. The van der Waals surface area contributed by atoms with E-state index in [2.05, 4.69) is 27.4 Å². The summed E-state index contributed by atoms with van der Waals surface area (Å²) in [5.41, 5.74) is 0.846. The van der Waals surface area contributed by atoms with Crippen LogP contribution < -0.4 is 10.6 Å². The Balaban J connectivity index is 1.78. The summed E-state index contributed by atoms with van der Waals surface area (Å²) < 4.78 is 1.83. The van der Waals surface area contributed by atoms with Crippen molar-refractivity contribution in [3.63, 3.8) is 0 Å². The third kappa shape index (κ3) is 7.01. The lowest BCUT2D eigenvalue weighted by atomic mass is 10.0. The number of amides is 2. The molecule has 0 radical (unpaired) electrons. The number of nitrogens with zero attached hydrogens (tertiary/aromatic N) is 3. The average molecular weight is 553 g/mol. The highest BCUT2D eigenvalue weighted by atomic mass is 35.5. The molecule has 0 aliphatic carbocycles. The molecule has 3 aromatic rings. The smallest absolute Gasteiger partial charge is 0.253 e. The number of hydrogen-bond acceptors (Lipinski definition) is 5. The number of thioether (sulfide) groups is 1. The Bertz CT molecular complexity index is 1230. The van der Waals surface area contributed by atoms with Crippen LogP contribution >= 0.6 is 46.6 Å². The summed E-state index contributed by atoms with van der Waals surface area (Å²) in [5, 5.41) is 16.1. The maximum atomic E-state index is 13.0. The zero-order chi connectivity index (χ0) is 25.5. The first kappa shape index (κ1) is 27.1. The van der Waals surface area contributed by atoms with Gasteiger partial charge in [0.1, 0.15) is 0 Å². The summed E-state index contributed by atoms with van der Waals surface area (Å²) in [6.45, 7) is 8.14. The number of para-hydroxylation sites is 1. The van der Waals surface area contributed by atoms with Crippen LogP contribution in [-0.2, 0) is 11.3 Å². The fourth-order valence-electron chi connectivity index (χ4n) is 3.24. The van der Waals surface area contributed by atoms with E-state index in [-0.39, 0.29) is 28.5 Å². The molecule has 0 saturated carbocycles. The number of rotatable bonds is 10. The molecular formula is C24H24Cl3N5O2S. The van der Waals surface area contributed by atoms with Crippen molar-refractivity contribution in [1.29, 1.82) is 0 Å². The van der Waals surface area contributed by atoms with Crippen LogP contribution in [0.2, 0.25) is 15.1 Å². The Hall–Kier alpha value is -2.52. The van der Waals surface area contributed by atoms with Crippen molar-refractivity contribution in [2.75, 3.05) is 11.1 Å². The van der Waals surface area contributed by atoms with Crippen molar-refractivity contribution in [2.45, 2.75) is 31.6 Å². The minimum atomic E-state index is -0.465. The summed E-state index contributed by atoms with van der Waals surface area (Å²) in [6, 6.07) is 11.2. The maximum absolute atomic E-state index is 13.0. The van der Waals surface area contributed by atoms with E-state index in [9.17, 15) is 9.59 Å². The number of anilines is 1. The SMILES string of the molecule is C=CCn1c(SCC(=O)Nc2ccccc2Cl)nnc1[C@H](NC(=O)c1ccc(Cl)cc1Cl)C(C)C. The first-order chi connectivity index (χ1) is 16.7. The average Bonchev–Trinajstić information content (AvgIpc) is 3.19. The van der Waals surface area contributed by atoms with Crippen LogP contribution in [0, 0.1) is 5.92 Å². The highest BCUT2D eigenvalue weighted by molar-refractivity contribution is 7.99. The molecular weight excluding hydrogens is 529 g/mol. The van der Waals surface area contributed by atoms with Gasteiger partial charge in [-0.25, -0.2) is 0 Å². The molecule has 1 heterocycles.